The van der Waals surface area contributed by atoms with Gasteiger partial charge < -0.3 is 10.5 Å². The fourth-order valence-corrected chi connectivity index (χ4v) is 3.54. The standard InChI is InChI=1S/C17H27NO/c1-11-5-6-14(10-18)16(7-11)15-8-13(3)17(19-4)9-12(15)2/h8-9,11,14,16H,5-7,10,18H2,1-4H3. The molecule has 0 radical (unpaired) electrons. The Morgan fingerprint density at radius 3 is 2.58 bits per heavy atom. The van der Waals surface area contributed by atoms with Gasteiger partial charge in [0.2, 0.25) is 0 Å². The highest BCUT2D eigenvalue weighted by atomic mass is 16.5. The molecule has 3 unspecified atom stereocenters. The highest BCUT2D eigenvalue weighted by Crippen LogP contribution is 2.42. The summed E-state index contributed by atoms with van der Waals surface area (Å²) in [6, 6.07) is 4.50. The lowest BCUT2D eigenvalue weighted by Crippen LogP contribution is -2.28. The first-order chi connectivity index (χ1) is 9.06. The molecule has 3 atom stereocenters. The van der Waals surface area contributed by atoms with Gasteiger partial charge in [-0.15, -0.1) is 0 Å². The third-order valence-corrected chi connectivity index (χ3v) is 4.74. The summed E-state index contributed by atoms with van der Waals surface area (Å²) in [5.41, 5.74) is 10.1. The maximum Gasteiger partial charge on any atom is 0.122 e. The van der Waals surface area contributed by atoms with Crippen LogP contribution >= 0.6 is 0 Å². The molecule has 2 rings (SSSR count). The largest absolute Gasteiger partial charge is 0.496 e. The fraction of sp³-hybridized carbons (Fsp3) is 0.647. The molecule has 2 heteroatoms. The summed E-state index contributed by atoms with van der Waals surface area (Å²) in [4.78, 5) is 0. The number of nitrogens with two attached hydrogens (primary N) is 1. The van der Waals surface area contributed by atoms with Gasteiger partial charge in [-0.05, 0) is 73.7 Å². The number of aryl methyl sites for hydroxylation is 2. The minimum atomic E-state index is 0.623. The van der Waals surface area contributed by atoms with E-state index in [0.29, 0.717) is 11.8 Å². The molecule has 106 valence electrons. The van der Waals surface area contributed by atoms with E-state index in [9.17, 15) is 0 Å². The Labute approximate surface area is 117 Å². The molecule has 1 fully saturated rings. The summed E-state index contributed by atoms with van der Waals surface area (Å²) < 4.78 is 5.42. The van der Waals surface area contributed by atoms with Gasteiger partial charge in [0.1, 0.15) is 5.75 Å². The summed E-state index contributed by atoms with van der Waals surface area (Å²) >= 11 is 0. The van der Waals surface area contributed by atoms with Gasteiger partial charge in [-0.2, -0.15) is 0 Å². The van der Waals surface area contributed by atoms with Crippen molar-refractivity contribution in [2.75, 3.05) is 13.7 Å². The molecule has 2 N–H and O–H groups in total. The van der Waals surface area contributed by atoms with Crippen LogP contribution in [-0.4, -0.2) is 13.7 Å². The van der Waals surface area contributed by atoms with Gasteiger partial charge in [-0.1, -0.05) is 19.4 Å². The lowest BCUT2D eigenvalue weighted by Gasteiger charge is -2.35. The Balaban J connectivity index is 2.36. The Morgan fingerprint density at radius 1 is 1.21 bits per heavy atom. The number of hydrogen-bond donors (Lipinski definition) is 1. The van der Waals surface area contributed by atoms with Crippen LogP contribution in [0.15, 0.2) is 12.1 Å². The van der Waals surface area contributed by atoms with Gasteiger partial charge in [0.25, 0.3) is 0 Å². The van der Waals surface area contributed by atoms with E-state index < -0.39 is 0 Å². The highest BCUT2D eigenvalue weighted by molar-refractivity contribution is 5.43. The van der Waals surface area contributed by atoms with Crippen molar-refractivity contribution in [2.45, 2.75) is 46.0 Å². The van der Waals surface area contributed by atoms with Crippen molar-refractivity contribution in [3.8, 4) is 5.75 Å². The minimum absolute atomic E-state index is 0.623. The van der Waals surface area contributed by atoms with Crippen molar-refractivity contribution >= 4 is 0 Å². The Bertz CT molecular complexity index is 441. The normalized spacial score (nSPS) is 27.3. The Morgan fingerprint density at radius 2 is 1.95 bits per heavy atom. The predicted octanol–water partition coefficient (Wildman–Crippen LogP) is 3.79. The fourth-order valence-electron chi connectivity index (χ4n) is 3.54. The maximum atomic E-state index is 6.00. The molecule has 1 aliphatic carbocycles. The van der Waals surface area contributed by atoms with E-state index in [1.807, 2.05) is 0 Å². The summed E-state index contributed by atoms with van der Waals surface area (Å²) in [6.07, 6.45) is 3.87. The van der Waals surface area contributed by atoms with Crippen molar-refractivity contribution in [3.05, 3.63) is 28.8 Å². The first-order valence-electron chi connectivity index (χ1n) is 7.42. The van der Waals surface area contributed by atoms with Gasteiger partial charge >= 0.3 is 0 Å². The first kappa shape index (κ1) is 14.4. The molecular weight excluding hydrogens is 234 g/mol. The number of benzene rings is 1. The summed E-state index contributed by atoms with van der Waals surface area (Å²) in [6.45, 7) is 7.50. The molecule has 0 spiro atoms. The highest BCUT2D eigenvalue weighted by Gasteiger charge is 2.30. The van der Waals surface area contributed by atoms with Crippen LogP contribution in [-0.2, 0) is 0 Å². The predicted molar refractivity (Wildman–Crippen MR) is 80.8 cm³/mol. The molecule has 0 aromatic heterocycles. The van der Waals surface area contributed by atoms with Crippen LogP contribution in [0.25, 0.3) is 0 Å². The van der Waals surface area contributed by atoms with Crippen LogP contribution < -0.4 is 10.5 Å². The molecule has 0 bridgehead atoms. The average molecular weight is 261 g/mol. The van der Waals surface area contributed by atoms with E-state index in [1.54, 1.807) is 7.11 Å². The van der Waals surface area contributed by atoms with E-state index >= 15 is 0 Å². The number of ether oxygens (including phenoxy) is 1. The summed E-state index contributed by atoms with van der Waals surface area (Å²) in [5, 5.41) is 0. The summed E-state index contributed by atoms with van der Waals surface area (Å²) in [5.74, 6) is 3.07. The molecule has 19 heavy (non-hydrogen) atoms. The monoisotopic (exact) mass is 261 g/mol. The van der Waals surface area contributed by atoms with Crippen LogP contribution in [0.3, 0.4) is 0 Å². The van der Waals surface area contributed by atoms with E-state index in [0.717, 1.165) is 18.2 Å². The minimum Gasteiger partial charge on any atom is -0.496 e. The molecule has 1 aromatic carbocycles. The quantitative estimate of drug-likeness (QED) is 0.898. The van der Waals surface area contributed by atoms with E-state index in [2.05, 4.69) is 32.9 Å². The van der Waals surface area contributed by atoms with Crippen LogP contribution in [0.4, 0.5) is 0 Å². The SMILES string of the molecule is COc1cc(C)c(C2CC(C)CCC2CN)cc1C. The lowest BCUT2D eigenvalue weighted by atomic mass is 9.70. The number of methoxy groups -OCH3 is 1. The second-order valence-corrected chi connectivity index (χ2v) is 6.20. The molecular formula is C17H27NO. The van der Waals surface area contributed by atoms with Crippen LogP contribution in [0.1, 0.15) is 48.8 Å². The van der Waals surface area contributed by atoms with Crippen molar-refractivity contribution in [2.24, 2.45) is 17.6 Å². The average Bonchev–Trinajstić information content (AvgIpc) is 2.40. The topological polar surface area (TPSA) is 35.2 Å². The van der Waals surface area contributed by atoms with Gasteiger partial charge in [-0.3, -0.25) is 0 Å². The van der Waals surface area contributed by atoms with Crippen molar-refractivity contribution < 1.29 is 4.74 Å². The second kappa shape index (κ2) is 5.96. The third-order valence-electron chi connectivity index (χ3n) is 4.74. The zero-order valence-corrected chi connectivity index (χ0v) is 12.7. The molecule has 2 nitrogen and oxygen atoms in total. The molecule has 0 amide bonds. The van der Waals surface area contributed by atoms with Crippen LogP contribution in [0.2, 0.25) is 0 Å². The van der Waals surface area contributed by atoms with E-state index in [-0.39, 0.29) is 0 Å². The molecule has 1 aliphatic rings. The van der Waals surface area contributed by atoms with Crippen molar-refractivity contribution in [1.82, 2.24) is 0 Å². The number of hydrogen-bond acceptors (Lipinski definition) is 2. The van der Waals surface area contributed by atoms with Crippen LogP contribution in [0.5, 0.6) is 5.75 Å². The Kier molecular flexibility index (Phi) is 4.51. The second-order valence-electron chi connectivity index (χ2n) is 6.20. The van der Waals surface area contributed by atoms with Crippen molar-refractivity contribution in [3.63, 3.8) is 0 Å². The van der Waals surface area contributed by atoms with Gasteiger partial charge in [0, 0.05) is 0 Å². The third kappa shape index (κ3) is 2.94. The smallest absolute Gasteiger partial charge is 0.122 e. The first-order valence-corrected chi connectivity index (χ1v) is 7.42. The molecule has 1 aromatic rings. The maximum absolute atomic E-state index is 6.00. The van der Waals surface area contributed by atoms with E-state index in [4.69, 9.17) is 10.5 Å². The Hall–Kier alpha value is -1.02. The lowest BCUT2D eigenvalue weighted by molar-refractivity contribution is 0.253. The van der Waals surface area contributed by atoms with Crippen LogP contribution in [0, 0.1) is 25.7 Å². The zero-order chi connectivity index (χ0) is 14.0. The molecule has 0 heterocycles. The zero-order valence-electron chi connectivity index (χ0n) is 12.7. The molecule has 0 aliphatic heterocycles. The molecule has 1 saturated carbocycles. The van der Waals surface area contributed by atoms with Crippen molar-refractivity contribution in [1.29, 1.82) is 0 Å². The van der Waals surface area contributed by atoms with E-state index in [1.165, 1.54) is 36.0 Å². The summed E-state index contributed by atoms with van der Waals surface area (Å²) in [7, 11) is 1.74. The molecule has 0 saturated heterocycles. The van der Waals surface area contributed by atoms with Gasteiger partial charge in [-0.25, -0.2) is 0 Å². The van der Waals surface area contributed by atoms with Gasteiger partial charge in [0.05, 0.1) is 7.11 Å². The number of rotatable bonds is 3. The van der Waals surface area contributed by atoms with Gasteiger partial charge in [0.15, 0.2) is 0 Å².